The van der Waals surface area contributed by atoms with E-state index >= 15 is 0 Å². The van der Waals surface area contributed by atoms with Gasteiger partial charge in [-0.3, -0.25) is 9.69 Å². The Morgan fingerprint density at radius 3 is 2.70 bits per heavy atom. The van der Waals surface area contributed by atoms with Crippen LogP contribution in [0.5, 0.6) is 0 Å². The quantitative estimate of drug-likeness (QED) is 0.598. The number of furan rings is 1. The van der Waals surface area contributed by atoms with Gasteiger partial charge in [0.05, 0.1) is 19.4 Å². The second kappa shape index (κ2) is 7.25. The maximum absolute atomic E-state index is 13.0. The maximum atomic E-state index is 13.0. The molecule has 1 atom stereocenters. The van der Waals surface area contributed by atoms with Crippen LogP contribution in [0.2, 0.25) is 10.0 Å². The highest BCUT2D eigenvalue weighted by atomic mass is 35.5. The molecule has 1 aromatic heterocycles. The summed E-state index contributed by atoms with van der Waals surface area (Å²) in [5.74, 6) is -0.955. The van der Waals surface area contributed by atoms with Crippen molar-refractivity contribution in [2.45, 2.75) is 25.9 Å². The number of halogens is 2. The van der Waals surface area contributed by atoms with Gasteiger partial charge in [0, 0.05) is 15.6 Å². The molecule has 27 heavy (non-hydrogen) atoms. The molecule has 1 aliphatic rings. The van der Waals surface area contributed by atoms with E-state index in [-0.39, 0.29) is 29.5 Å². The number of esters is 1. The molecule has 2 aromatic rings. The van der Waals surface area contributed by atoms with E-state index in [0.29, 0.717) is 10.6 Å². The van der Waals surface area contributed by atoms with Crippen molar-refractivity contribution < 1.29 is 23.5 Å². The normalized spacial score (nSPS) is 19.3. The monoisotopic (exact) mass is 410 g/mol. The zero-order valence-electron chi connectivity index (χ0n) is 14.5. The number of nitrogens with zero attached hydrogens (tertiary/aromatic N) is 1. The first-order chi connectivity index (χ1) is 12.8. The van der Waals surface area contributed by atoms with Crippen molar-refractivity contribution >= 4 is 41.1 Å². The molecule has 1 fully saturated rings. The largest absolute Gasteiger partial charge is 0.467 e. The predicted molar refractivity (Wildman–Crippen MR) is 97.6 cm³/mol. The molecule has 1 N–H and O–H groups in total. The number of nitrogens with one attached hydrogen (secondary N) is 1. The number of rotatable bonds is 5. The third-order valence-electron chi connectivity index (χ3n) is 4.29. The molecule has 1 unspecified atom stereocenters. The lowest BCUT2D eigenvalue weighted by Crippen LogP contribution is -2.41. The SMILES string of the molecule is CCOC(=O)c1ccoc1CN1C(=O)NC(C)(c2ccc(Cl)cc2Cl)C1=O. The fourth-order valence-corrected chi connectivity index (χ4v) is 3.51. The van der Waals surface area contributed by atoms with E-state index in [1.807, 2.05) is 0 Å². The summed E-state index contributed by atoms with van der Waals surface area (Å²) in [6.45, 7) is 3.21. The van der Waals surface area contributed by atoms with Gasteiger partial charge in [0.2, 0.25) is 0 Å². The van der Waals surface area contributed by atoms with E-state index in [0.717, 1.165) is 4.90 Å². The highest BCUT2D eigenvalue weighted by molar-refractivity contribution is 6.35. The first kappa shape index (κ1) is 19.3. The van der Waals surface area contributed by atoms with Crippen molar-refractivity contribution in [2.24, 2.45) is 0 Å². The van der Waals surface area contributed by atoms with E-state index in [9.17, 15) is 14.4 Å². The van der Waals surface area contributed by atoms with Crippen LogP contribution in [-0.4, -0.2) is 29.4 Å². The average Bonchev–Trinajstić information content (AvgIpc) is 3.14. The fraction of sp³-hybridized carbons (Fsp3) is 0.278. The van der Waals surface area contributed by atoms with Gasteiger partial charge in [-0.2, -0.15) is 0 Å². The van der Waals surface area contributed by atoms with Crippen molar-refractivity contribution in [2.75, 3.05) is 6.61 Å². The molecule has 1 saturated heterocycles. The molecule has 1 aromatic carbocycles. The third kappa shape index (κ3) is 3.40. The van der Waals surface area contributed by atoms with Crippen molar-refractivity contribution in [3.05, 3.63) is 57.5 Å². The summed E-state index contributed by atoms with van der Waals surface area (Å²) in [5.41, 5.74) is -0.787. The number of imide groups is 1. The van der Waals surface area contributed by atoms with E-state index in [2.05, 4.69) is 5.32 Å². The van der Waals surface area contributed by atoms with Crippen LogP contribution >= 0.6 is 23.2 Å². The molecule has 2 heterocycles. The molecule has 7 nitrogen and oxygen atoms in total. The number of hydrogen-bond acceptors (Lipinski definition) is 5. The minimum absolute atomic E-state index is 0.156. The second-order valence-corrected chi connectivity index (χ2v) is 6.89. The summed E-state index contributed by atoms with van der Waals surface area (Å²) < 4.78 is 10.2. The predicted octanol–water partition coefficient (Wildman–Crippen LogP) is 3.73. The number of benzene rings is 1. The Bertz CT molecular complexity index is 926. The first-order valence-electron chi connectivity index (χ1n) is 8.11. The van der Waals surface area contributed by atoms with Gasteiger partial charge in [-0.05, 0) is 32.0 Å². The number of urea groups is 1. The Labute approximate surface area is 165 Å². The number of amides is 3. The molecule has 0 spiro atoms. The third-order valence-corrected chi connectivity index (χ3v) is 4.84. The number of hydrogen-bond donors (Lipinski definition) is 1. The van der Waals surface area contributed by atoms with Gasteiger partial charge in [0.15, 0.2) is 0 Å². The lowest BCUT2D eigenvalue weighted by Gasteiger charge is -2.23. The van der Waals surface area contributed by atoms with Crippen LogP contribution in [0.15, 0.2) is 34.9 Å². The maximum Gasteiger partial charge on any atom is 0.341 e. The van der Waals surface area contributed by atoms with Crippen molar-refractivity contribution in [1.82, 2.24) is 10.2 Å². The van der Waals surface area contributed by atoms with Crippen LogP contribution < -0.4 is 5.32 Å². The van der Waals surface area contributed by atoms with Gasteiger partial charge >= 0.3 is 12.0 Å². The van der Waals surface area contributed by atoms with Crippen LogP contribution in [0.1, 0.15) is 35.5 Å². The lowest BCUT2D eigenvalue weighted by atomic mass is 9.92. The summed E-state index contributed by atoms with van der Waals surface area (Å²) in [5, 5.41) is 3.31. The minimum atomic E-state index is -1.37. The Morgan fingerprint density at radius 1 is 1.30 bits per heavy atom. The molecule has 1 aliphatic heterocycles. The number of carbonyl (C=O) groups excluding carboxylic acids is 3. The number of carbonyl (C=O) groups is 3. The fourth-order valence-electron chi connectivity index (χ4n) is 2.92. The van der Waals surface area contributed by atoms with E-state index < -0.39 is 23.4 Å². The van der Waals surface area contributed by atoms with Crippen LogP contribution in [-0.2, 0) is 21.6 Å². The molecule has 3 rings (SSSR count). The van der Waals surface area contributed by atoms with Gasteiger partial charge < -0.3 is 14.5 Å². The van der Waals surface area contributed by atoms with Crippen molar-refractivity contribution in [3.8, 4) is 0 Å². The van der Waals surface area contributed by atoms with Crippen LogP contribution in [0.25, 0.3) is 0 Å². The van der Waals surface area contributed by atoms with Gasteiger partial charge in [-0.1, -0.05) is 29.3 Å². The Balaban J connectivity index is 1.89. The van der Waals surface area contributed by atoms with Gasteiger partial charge in [0.25, 0.3) is 5.91 Å². The molecule has 3 amide bonds. The van der Waals surface area contributed by atoms with Crippen molar-refractivity contribution in [3.63, 3.8) is 0 Å². The highest BCUT2D eigenvalue weighted by Gasteiger charge is 2.50. The lowest BCUT2D eigenvalue weighted by molar-refractivity contribution is -0.131. The first-order valence-corrected chi connectivity index (χ1v) is 8.86. The molecule has 0 bridgehead atoms. The second-order valence-electron chi connectivity index (χ2n) is 6.05. The van der Waals surface area contributed by atoms with Gasteiger partial charge in [-0.15, -0.1) is 0 Å². The van der Waals surface area contributed by atoms with Crippen LogP contribution in [0.4, 0.5) is 4.79 Å². The van der Waals surface area contributed by atoms with Gasteiger partial charge in [-0.25, -0.2) is 9.59 Å². The summed E-state index contributed by atoms with van der Waals surface area (Å²) >= 11 is 12.1. The molecule has 0 aliphatic carbocycles. The molecule has 9 heteroatoms. The Kier molecular flexibility index (Phi) is 5.17. The topological polar surface area (TPSA) is 88.8 Å². The highest BCUT2D eigenvalue weighted by Crippen LogP contribution is 2.35. The summed E-state index contributed by atoms with van der Waals surface area (Å²) in [6, 6.07) is 5.47. The minimum Gasteiger partial charge on any atom is -0.467 e. The Morgan fingerprint density at radius 2 is 2.04 bits per heavy atom. The molecular weight excluding hydrogens is 395 g/mol. The summed E-state index contributed by atoms with van der Waals surface area (Å²) in [7, 11) is 0. The smallest absolute Gasteiger partial charge is 0.341 e. The van der Waals surface area contributed by atoms with Crippen LogP contribution in [0.3, 0.4) is 0 Å². The summed E-state index contributed by atoms with van der Waals surface area (Å²) in [6.07, 6.45) is 1.30. The molecule has 0 saturated carbocycles. The molecular formula is C18H16Cl2N2O5. The molecule has 0 radical (unpaired) electrons. The van der Waals surface area contributed by atoms with E-state index in [4.69, 9.17) is 32.4 Å². The van der Waals surface area contributed by atoms with Crippen LogP contribution in [0, 0.1) is 0 Å². The van der Waals surface area contributed by atoms with Crippen molar-refractivity contribution in [1.29, 1.82) is 0 Å². The van der Waals surface area contributed by atoms with E-state index in [1.54, 1.807) is 26.0 Å². The summed E-state index contributed by atoms with van der Waals surface area (Å²) in [4.78, 5) is 38.4. The number of ether oxygens (including phenoxy) is 1. The van der Waals surface area contributed by atoms with E-state index in [1.165, 1.54) is 18.4 Å². The Hall–Kier alpha value is -2.51. The molecule has 142 valence electrons. The van der Waals surface area contributed by atoms with Gasteiger partial charge in [0.1, 0.15) is 16.9 Å². The zero-order valence-corrected chi connectivity index (χ0v) is 16.1. The standard InChI is InChI=1S/C18H16Cl2N2O5/c1-3-26-15(23)11-6-7-27-14(11)9-22-16(24)18(2,21-17(22)25)12-5-4-10(19)8-13(12)20/h4-8H,3,9H2,1-2H3,(H,21,25). The zero-order chi connectivity index (χ0) is 19.8. The average molecular weight is 411 g/mol.